The van der Waals surface area contributed by atoms with E-state index in [1.807, 2.05) is 66.1 Å². The highest BCUT2D eigenvalue weighted by Crippen LogP contribution is 2.33. The lowest BCUT2D eigenvalue weighted by Gasteiger charge is -2.08. The summed E-state index contributed by atoms with van der Waals surface area (Å²) in [5.74, 6) is -0.0707. The van der Waals surface area contributed by atoms with Gasteiger partial charge in [0.25, 0.3) is 0 Å². The van der Waals surface area contributed by atoms with Crippen LogP contribution in [0.3, 0.4) is 0 Å². The summed E-state index contributed by atoms with van der Waals surface area (Å²) in [5.41, 5.74) is 3.82. The number of benzene rings is 2. The number of ether oxygens (including phenoxy) is 2. The van der Waals surface area contributed by atoms with Crippen LogP contribution in [0.5, 0.6) is 0 Å². The predicted molar refractivity (Wildman–Crippen MR) is 116 cm³/mol. The molecule has 0 unspecified atom stereocenters. The van der Waals surface area contributed by atoms with E-state index < -0.39 is 5.97 Å². The Morgan fingerprint density at radius 2 is 1.70 bits per heavy atom. The molecule has 2 heterocycles. The molecule has 30 heavy (non-hydrogen) atoms. The van der Waals surface area contributed by atoms with Crippen LogP contribution in [0.2, 0.25) is 0 Å². The fraction of sp³-hybridized carbons (Fsp3) is 0.217. The Kier molecular flexibility index (Phi) is 5.70. The summed E-state index contributed by atoms with van der Waals surface area (Å²) >= 11 is 0. The van der Waals surface area contributed by atoms with E-state index in [1.54, 1.807) is 6.92 Å². The maximum atomic E-state index is 12.9. The molecule has 152 valence electrons. The highest BCUT2D eigenvalue weighted by Gasteiger charge is 2.26. The average Bonchev–Trinajstić information content (AvgIpc) is 3.05. The molecule has 0 atom stereocenters. The largest absolute Gasteiger partial charge is 0.483 e. The van der Waals surface area contributed by atoms with Crippen LogP contribution in [0, 0.1) is 0 Å². The lowest BCUT2D eigenvalue weighted by Crippen LogP contribution is -2.06. The monoisotopic (exact) mass is 402 g/mol. The second-order valence-corrected chi connectivity index (χ2v) is 6.57. The first-order valence-corrected chi connectivity index (χ1v) is 9.87. The maximum Gasteiger partial charge on any atom is 0.344 e. The molecule has 0 aliphatic carbocycles. The van der Waals surface area contributed by atoms with Crippen molar-refractivity contribution in [3.63, 3.8) is 0 Å². The van der Waals surface area contributed by atoms with E-state index in [2.05, 4.69) is 4.99 Å². The number of para-hydroxylation sites is 2. The van der Waals surface area contributed by atoms with Crippen LogP contribution < -0.4 is 0 Å². The second-order valence-electron chi connectivity index (χ2n) is 6.57. The van der Waals surface area contributed by atoms with Crippen LogP contribution in [0.15, 0.2) is 59.6 Å². The van der Waals surface area contributed by atoms with Crippen molar-refractivity contribution in [1.29, 1.82) is 0 Å². The van der Waals surface area contributed by atoms with Gasteiger partial charge in [0.2, 0.25) is 0 Å². The standard InChI is InChI=1S/C23H22N4O3/c1-3-29-15-24-21-19(23(28)30-4-2)20-22(26-18-13-9-8-12-17(18)25-20)27(21)14-16-10-6-5-7-11-16/h5-13,15H,3-4,14H2,1-2H3/b24-15+. The number of aliphatic imine (C=N–C) groups is 1. The van der Waals surface area contributed by atoms with Gasteiger partial charge in [0, 0.05) is 0 Å². The Morgan fingerprint density at radius 3 is 2.40 bits per heavy atom. The molecule has 7 nitrogen and oxygen atoms in total. The van der Waals surface area contributed by atoms with Crippen LogP contribution in [-0.4, -0.2) is 40.1 Å². The van der Waals surface area contributed by atoms with E-state index >= 15 is 0 Å². The van der Waals surface area contributed by atoms with Crippen LogP contribution in [0.25, 0.3) is 22.2 Å². The van der Waals surface area contributed by atoms with Gasteiger partial charge in [-0.1, -0.05) is 42.5 Å². The number of nitrogens with zero attached hydrogens (tertiary/aromatic N) is 4. The molecular weight excluding hydrogens is 380 g/mol. The highest BCUT2D eigenvalue weighted by molar-refractivity contribution is 6.08. The Morgan fingerprint density at radius 1 is 1.00 bits per heavy atom. The Bertz CT molecular complexity index is 1220. The molecule has 0 fully saturated rings. The third-order valence-electron chi connectivity index (χ3n) is 4.60. The molecule has 0 spiro atoms. The molecule has 0 amide bonds. The van der Waals surface area contributed by atoms with Gasteiger partial charge in [0.1, 0.15) is 11.1 Å². The number of esters is 1. The van der Waals surface area contributed by atoms with Crippen molar-refractivity contribution in [2.24, 2.45) is 4.99 Å². The Labute approximate surface area is 174 Å². The molecule has 0 radical (unpaired) electrons. The van der Waals surface area contributed by atoms with Crippen molar-refractivity contribution in [3.8, 4) is 0 Å². The number of carbonyl (C=O) groups excluding carboxylic acids is 1. The van der Waals surface area contributed by atoms with Crippen molar-refractivity contribution >= 4 is 40.4 Å². The van der Waals surface area contributed by atoms with E-state index in [9.17, 15) is 4.79 Å². The third kappa shape index (κ3) is 3.74. The minimum atomic E-state index is -0.484. The number of hydrogen-bond acceptors (Lipinski definition) is 6. The molecule has 4 rings (SSSR count). The Hall–Kier alpha value is -3.74. The number of rotatable bonds is 7. The zero-order chi connectivity index (χ0) is 20.9. The van der Waals surface area contributed by atoms with Gasteiger partial charge in [-0.05, 0) is 31.5 Å². The summed E-state index contributed by atoms with van der Waals surface area (Å²) in [4.78, 5) is 26.9. The molecule has 2 aromatic heterocycles. The molecule has 0 aliphatic heterocycles. The summed E-state index contributed by atoms with van der Waals surface area (Å²) in [5, 5.41) is 0. The fourth-order valence-electron chi connectivity index (χ4n) is 3.29. The van der Waals surface area contributed by atoms with Crippen LogP contribution in [0.4, 0.5) is 5.82 Å². The molecule has 2 aromatic carbocycles. The zero-order valence-electron chi connectivity index (χ0n) is 16.9. The summed E-state index contributed by atoms with van der Waals surface area (Å²) in [7, 11) is 0. The summed E-state index contributed by atoms with van der Waals surface area (Å²) in [6.07, 6.45) is 1.35. The molecule has 0 N–H and O–H groups in total. The van der Waals surface area contributed by atoms with E-state index in [4.69, 9.17) is 19.4 Å². The van der Waals surface area contributed by atoms with Gasteiger partial charge >= 0.3 is 5.97 Å². The number of hydrogen-bond donors (Lipinski definition) is 0. The number of carbonyl (C=O) groups is 1. The first-order chi connectivity index (χ1) is 14.7. The molecule has 0 saturated heterocycles. The molecule has 7 heteroatoms. The van der Waals surface area contributed by atoms with Crippen molar-refractivity contribution < 1.29 is 14.3 Å². The van der Waals surface area contributed by atoms with Gasteiger partial charge in [-0.2, -0.15) is 0 Å². The molecule has 0 aliphatic rings. The molecule has 0 bridgehead atoms. The average molecular weight is 402 g/mol. The second kappa shape index (κ2) is 8.73. The predicted octanol–water partition coefficient (Wildman–Crippen LogP) is 4.51. The van der Waals surface area contributed by atoms with E-state index in [-0.39, 0.29) is 12.2 Å². The van der Waals surface area contributed by atoms with Gasteiger partial charge in [0.15, 0.2) is 17.9 Å². The molecule has 4 aromatic rings. The highest BCUT2D eigenvalue weighted by atomic mass is 16.5. The first-order valence-electron chi connectivity index (χ1n) is 9.87. The molecular formula is C23H22N4O3. The van der Waals surface area contributed by atoms with Gasteiger partial charge < -0.3 is 14.0 Å². The number of aromatic nitrogens is 3. The van der Waals surface area contributed by atoms with E-state index in [1.165, 1.54) is 6.40 Å². The van der Waals surface area contributed by atoms with E-state index in [0.29, 0.717) is 35.7 Å². The SMILES string of the molecule is CCO/C=N/c1c(C(=O)OCC)c2nc3ccccc3nc2n1Cc1ccccc1. The lowest BCUT2D eigenvalue weighted by molar-refractivity contribution is 0.0529. The van der Waals surface area contributed by atoms with Gasteiger partial charge in [-0.25, -0.2) is 19.8 Å². The van der Waals surface area contributed by atoms with Crippen molar-refractivity contribution in [1.82, 2.24) is 14.5 Å². The normalized spacial score (nSPS) is 11.4. The summed E-state index contributed by atoms with van der Waals surface area (Å²) < 4.78 is 12.5. The quantitative estimate of drug-likeness (QED) is 0.258. The zero-order valence-corrected chi connectivity index (χ0v) is 16.9. The minimum absolute atomic E-state index is 0.250. The van der Waals surface area contributed by atoms with Gasteiger partial charge in [0.05, 0.1) is 30.8 Å². The Balaban J connectivity index is 2.02. The maximum absolute atomic E-state index is 12.9. The third-order valence-corrected chi connectivity index (χ3v) is 4.60. The lowest BCUT2D eigenvalue weighted by atomic mass is 10.2. The summed E-state index contributed by atoms with van der Waals surface area (Å²) in [6.45, 7) is 4.83. The van der Waals surface area contributed by atoms with Crippen molar-refractivity contribution in [2.45, 2.75) is 20.4 Å². The van der Waals surface area contributed by atoms with Crippen molar-refractivity contribution in [3.05, 3.63) is 65.7 Å². The summed E-state index contributed by atoms with van der Waals surface area (Å²) in [6, 6.07) is 17.5. The minimum Gasteiger partial charge on any atom is -0.483 e. The first kappa shape index (κ1) is 19.6. The van der Waals surface area contributed by atoms with E-state index in [0.717, 1.165) is 11.1 Å². The van der Waals surface area contributed by atoms with Crippen LogP contribution >= 0.6 is 0 Å². The smallest absolute Gasteiger partial charge is 0.344 e. The van der Waals surface area contributed by atoms with Crippen molar-refractivity contribution in [2.75, 3.05) is 13.2 Å². The van der Waals surface area contributed by atoms with Gasteiger partial charge in [-0.15, -0.1) is 0 Å². The van der Waals surface area contributed by atoms with Gasteiger partial charge in [-0.3, -0.25) is 0 Å². The van der Waals surface area contributed by atoms with Crippen LogP contribution in [0.1, 0.15) is 29.8 Å². The molecule has 0 saturated carbocycles. The number of fused-ring (bicyclic) bond motifs is 2. The topological polar surface area (TPSA) is 78.6 Å². The van der Waals surface area contributed by atoms with Crippen LogP contribution in [-0.2, 0) is 16.0 Å². The fourth-order valence-corrected chi connectivity index (χ4v) is 3.29.